The summed E-state index contributed by atoms with van der Waals surface area (Å²) in [6.07, 6.45) is 3.55. The molecular formula is C11H13N5. The summed E-state index contributed by atoms with van der Waals surface area (Å²) in [5.74, 6) is 0.548. The number of aromatic nitrogens is 4. The van der Waals surface area contributed by atoms with Gasteiger partial charge >= 0.3 is 0 Å². The molecule has 2 rings (SSSR count). The first-order valence-electron chi connectivity index (χ1n) is 5.06. The molecule has 0 saturated carbocycles. The summed E-state index contributed by atoms with van der Waals surface area (Å²) in [4.78, 5) is 8.31. The highest BCUT2D eigenvalue weighted by Crippen LogP contribution is 2.04. The minimum absolute atomic E-state index is 0.548. The fourth-order valence-electron chi connectivity index (χ4n) is 1.22. The summed E-state index contributed by atoms with van der Waals surface area (Å²) in [5.41, 5.74) is 2.83. The van der Waals surface area contributed by atoms with E-state index in [4.69, 9.17) is 0 Å². The second-order valence-corrected chi connectivity index (χ2v) is 3.52. The number of hydrogen-bond acceptors (Lipinski definition) is 5. The smallest absolute Gasteiger partial charge is 0.243 e. The lowest BCUT2D eigenvalue weighted by Gasteiger charge is -2.05. The van der Waals surface area contributed by atoms with Gasteiger partial charge in [-0.05, 0) is 25.5 Å². The topological polar surface area (TPSA) is 63.6 Å². The summed E-state index contributed by atoms with van der Waals surface area (Å²) >= 11 is 0. The molecule has 0 aromatic carbocycles. The van der Waals surface area contributed by atoms with Gasteiger partial charge in [0, 0.05) is 18.9 Å². The van der Waals surface area contributed by atoms with E-state index >= 15 is 0 Å². The zero-order chi connectivity index (χ0) is 11.4. The van der Waals surface area contributed by atoms with E-state index in [0.29, 0.717) is 12.5 Å². The number of hydrogen-bond donors (Lipinski definition) is 1. The van der Waals surface area contributed by atoms with Gasteiger partial charge in [0.05, 0.1) is 11.4 Å². The molecule has 5 nitrogen and oxygen atoms in total. The van der Waals surface area contributed by atoms with E-state index in [2.05, 4.69) is 25.5 Å². The average Bonchev–Trinajstić information content (AvgIpc) is 2.32. The molecule has 2 heterocycles. The standard InChI is InChI=1S/C11H13N5/c1-8-9(2)15-16-11(14-8)13-7-10-4-3-5-12-6-10/h3-6H,7H2,1-2H3,(H,13,14,16). The van der Waals surface area contributed by atoms with Crippen LogP contribution in [0.3, 0.4) is 0 Å². The van der Waals surface area contributed by atoms with Crippen molar-refractivity contribution >= 4 is 5.95 Å². The molecule has 16 heavy (non-hydrogen) atoms. The zero-order valence-electron chi connectivity index (χ0n) is 9.31. The molecule has 0 atom stereocenters. The quantitative estimate of drug-likeness (QED) is 0.840. The van der Waals surface area contributed by atoms with E-state index in [1.165, 1.54) is 0 Å². The molecule has 5 heteroatoms. The molecule has 0 aliphatic heterocycles. The Balaban J connectivity index is 2.03. The van der Waals surface area contributed by atoms with E-state index in [1.54, 1.807) is 6.20 Å². The normalized spacial score (nSPS) is 10.1. The predicted molar refractivity (Wildman–Crippen MR) is 60.9 cm³/mol. The molecule has 0 spiro atoms. The highest BCUT2D eigenvalue weighted by Gasteiger charge is 2.00. The van der Waals surface area contributed by atoms with Gasteiger partial charge in [0.15, 0.2) is 0 Å². The maximum absolute atomic E-state index is 4.28. The molecule has 0 aliphatic carbocycles. The van der Waals surface area contributed by atoms with Crippen LogP contribution in [0.2, 0.25) is 0 Å². The summed E-state index contributed by atoms with van der Waals surface area (Å²) in [5, 5.41) is 11.1. The number of aryl methyl sites for hydroxylation is 2. The van der Waals surface area contributed by atoms with Crippen LogP contribution in [-0.4, -0.2) is 20.2 Å². The highest BCUT2D eigenvalue weighted by atomic mass is 15.2. The Bertz CT molecular complexity index is 469. The van der Waals surface area contributed by atoms with Crippen LogP contribution in [0.4, 0.5) is 5.95 Å². The van der Waals surface area contributed by atoms with Gasteiger partial charge in [-0.2, -0.15) is 5.10 Å². The van der Waals surface area contributed by atoms with Gasteiger partial charge in [-0.1, -0.05) is 6.07 Å². The van der Waals surface area contributed by atoms with Crippen LogP contribution in [0, 0.1) is 13.8 Å². The molecule has 2 aromatic rings. The molecule has 0 bridgehead atoms. The first-order chi connectivity index (χ1) is 7.75. The van der Waals surface area contributed by atoms with Crippen molar-refractivity contribution in [2.75, 3.05) is 5.32 Å². The lowest BCUT2D eigenvalue weighted by molar-refractivity contribution is 0.884. The monoisotopic (exact) mass is 215 g/mol. The van der Waals surface area contributed by atoms with Crippen LogP contribution in [0.25, 0.3) is 0 Å². The van der Waals surface area contributed by atoms with Crippen LogP contribution in [0.1, 0.15) is 17.0 Å². The fraction of sp³-hybridized carbons (Fsp3) is 0.273. The van der Waals surface area contributed by atoms with Gasteiger partial charge in [0.2, 0.25) is 5.95 Å². The van der Waals surface area contributed by atoms with Crippen molar-refractivity contribution in [2.24, 2.45) is 0 Å². The van der Waals surface area contributed by atoms with Gasteiger partial charge < -0.3 is 5.32 Å². The Labute approximate surface area is 94.0 Å². The van der Waals surface area contributed by atoms with Gasteiger partial charge in [-0.15, -0.1) is 5.10 Å². The van der Waals surface area contributed by atoms with Crippen LogP contribution in [0.15, 0.2) is 24.5 Å². The minimum atomic E-state index is 0.548. The molecule has 0 saturated heterocycles. The lowest BCUT2D eigenvalue weighted by Crippen LogP contribution is -2.07. The summed E-state index contributed by atoms with van der Waals surface area (Å²) in [6, 6.07) is 3.89. The highest BCUT2D eigenvalue weighted by molar-refractivity contribution is 5.26. The molecule has 0 fully saturated rings. The largest absolute Gasteiger partial charge is 0.349 e. The third-order valence-corrected chi connectivity index (χ3v) is 2.27. The number of nitrogens with one attached hydrogen (secondary N) is 1. The summed E-state index contributed by atoms with van der Waals surface area (Å²) in [7, 11) is 0. The first kappa shape index (κ1) is 10.5. The number of anilines is 1. The second-order valence-electron chi connectivity index (χ2n) is 3.52. The lowest BCUT2D eigenvalue weighted by atomic mass is 10.3. The van der Waals surface area contributed by atoms with Crippen molar-refractivity contribution in [2.45, 2.75) is 20.4 Å². The summed E-state index contributed by atoms with van der Waals surface area (Å²) in [6.45, 7) is 4.46. The van der Waals surface area contributed by atoms with Crippen molar-refractivity contribution in [3.05, 3.63) is 41.5 Å². The molecule has 0 radical (unpaired) electrons. The first-order valence-corrected chi connectivity index (χ1v) is 5.06. The number of rotatable bonds is 3. The number of nitrogens with zero attached hydrogens (tertiary/aromatic N) is 4. The second kappa shape index (κ2) is 4.65. The van der Waals surface area contributed by atoms with Gasteiger partial charge in [0.1, 0.15) is 0 Å². The van der Waals surface area contributed by atoms with Crippen LogP contribution in [-0.2, 0) is 6.54 Å². The molecule has 1 N–H and O–H groups in total. The summed E-state index contributed by atoms with van der Waals surface area (Å²) < 4.78 is 0. The third kappa shape index (κ3) is 2.50. The maximum atomic E-state index is 4.28. The molecule has 0 aliphatic rings. The minimum Gasteiger partial charge on any atom is -0.349 e. The molecule has 0 amide bonds. The SMILES string of the molecule is Cc1nnc(NCc2cccnc2)nc1C. The van der Waals surface area contributed by atoms with Crippen molar-refractivity contribution in [1.82, 2.24) is 20.2 Å². The Kier molecular flexibility index (Phi) is 3.05. The molecule has 2 aromatic heterocycles. The predicted octanol–water partition coefficient (Wildman–Crippen LogP) is 1.50. The Morgan fingerprint density at radius 3 is 2.75 bits per heavy atom. The maximum Gasteiger partial charge on any atom is 0.243 e. The van der Waals surface area contributed by atoms with Crippen molar-refractivity contribution in [3.8, 4) is 0 Å². The van der Waals surface area contributed by atoms with Crippen LogP contribution in [0.5, 0.6) is 0 Å². The Morgan fingerprint density at radius 1 is 1.19 bits per heavy atom. The van der Waals surface area contributed by atoms with Crippen molar-refractivity contribution in [1.29, 1.82) is 0 Å². The van der Waals surface area contributed by atoms with E-state index < -0.39 is 0 Å². The molecule has 82 valence electrons. The van der Waals surface area contributed by atoms with E-state index in [-0.39, 0.29) is 0 Å². The Morgan fingerprint density at radius 2 is 2.06 bits per heavy atom. The van der Waals surface area contributed by atoms with E-state index in [1.807, 2.05) is 32.2 Å². The molecule has 0 unspecified atom stereocenters. The van der Waals surface area contributed by atoms with Gasteiger partial charge in [0.25, 0.3) is 0 Å². The van der Waals surface area contributed by atoms with Gasteiger partial charge in [-0.3, -0.25) is 4.98 Å². The number of pyridine rings is 1. The third-order valence-electron chi connectivity index (χ3n) is 2.27. The van der Waals surface area contributed by atoms with E-state index in [9.17, 15) is 0 Å². The van der Waals surface area contributed by atoms with Crippen LogP contribution >= 0.6 is 0 Å². The van der Waals surface area contributed by atoms with Crippen molar-refractivity contribution < 1.29 is 0 Å². The van der Waals surface area contributed by atoms with Crippen molar-refractivity contribution in [3.63, 3.8) is 0 Å². The molecular weight excluding hydrogens is 202 g/mol. The Hall–Kier alpha value is -2.04. The zero-order valence-corrected chi connectivity index (χ0v) is 9.31. The van der Waals surface area contributed by atoms with Crippen LogP contribution < -0.4 is 5.32 Å². The van der Waals surface area contributed by atoms with E-state index in [0.717, 1.165) is 17.0 Å². The van der Waals surface area contributed by atoms with Gasteiger partial charge in [-0.25, -0.2) is 4.98 Å². The fourth-order valence-corrected chi connectivity index (χ4v) is 1.22. The average molecular weight is 215 g/mol.